The Balaban J connectivity index is 1.82. The second-order valence-corrected chi connectivity index (χ2v) is 5.92. The zero-order chi connectivity index (χ0) is 12.5. The smallest absolute Gasteiger partial charge is 0.161 e. The summed E-state index contributed by atoms with van der Waals surface area (Å²) in [4.78, 5) is 2.40. The summed E-state index contributed by atoms with van der Waals surface area (Å²) >= 11 is 3.58. The van der Waals surface area contributed by atoms with E-state index in [9.17, 15) is 0 Å². The molecular formula is C13H17BrN4. The van der Waals surface area contributed by atoms with Crippen LogP contribution in [0.4, 0.5) is 0 Å². The van der Waals surface area contributed by atoms with Crippen LogP contribution in [0.15, 0.2) is 22.8 Å². The molecule has 0 aliphatic carbocycles. The van der Waals surface area contributed by atoms with Crippen molar-refractivity contribution in [2.75, 3.05) is 20.1 Å². The van der Waals surface area contributed by atoms with Gasteiger partial charge in [-0.25, -0.2) is 0 Å². The molecule has 0 saturated carbocycles. The predicted octanol–water partition coefficient (Wildman–Crippen LogP) is 2.38. The van der Waals surface area contributed by atoms with Crippen molar-refractivity contribution in [3.05, 3.63) is 28.6 Å². The summed E-state index contributed by atoms with van der Waals surface area (Å²) in [5.41, 5.74) is 0.923. The predicted molar refractivity (Wildman–Crippen MR) is 74.6 cm³/mol. The maximum absolute atomic E-state index is 4.34. The minimum atomic E-state index is 0.737. The van der Waals surface area contributed by atoms with E-state index < -0.39 is 0 Å². The first-order chi connectivity index (χ1) is 8.74. The normalized spacial score (nSPS) is 18.6. The lowest BCUT2D eigenvalue weighted by Crippen LogP contribution is -2.31. The molecule has 0 amide bonds. The monoisotopic (exact) mass is 308 g/mol. The fraction of sp³-hybridized carbons (Fsp3) is 0.538. The number of fused-ring (bicyclic) bond motifs is 1. The quantitative estimate of drug-likeness (QED) is 0.799. The minimum absolute atomic E-state index is 0.737. The molecule has 0 unspecified atom stereocenters. The van der Waals surface area contributed by atoms with Gasteiger partial charge in [0.2, 0.25) is 0 Å². The number of rotatable bonds is 2. The van der Waals surface area contributed by atoms with Crippen LogP contribution in [0.2, 0.25) is 0 Å². The molecule has 5 heteroatoms. The maximum atomic E-state index is 4.34. The van der Waals surface area contributed by atoms with Gasteiger partial charge in [0.1, 0.15) is 5.82 Å². The number of piperidine rings is 1. The average molecular weight is 309 g/mol. The van der Waals surface area contributed by atoms with Gasteiger partial charge in [-0.05, 0) is 67.0 Å². The van der Waals surface area contributed by atoms with E-state index in [4.69, 9.17) is 0 Å². The molecule has 18 heavy (non-hydrogen) atoms. The van der Waals surface area contributed by atoms with Crippen molar-refractivity contribution >= 4 is 21.6 Å². The van der Waals surface area contributed by atoms with Gasteiger partial charge in [0, 0.05) is 6.42 Å². The van der Waals surface area contributed by atoms with E-state index in [0.717, 1.165) is 28.4 Å². The zero-order valence-corrected chi connectivity index (χ0v) is 12.1. The SMILES string of the molecule is CN1CCC(Cc2nnc3cccc(Br)n23)CC1. The third kappa shape index (κ3) is 2.29. The fourth-order valence-electron chi connectivity index (χ4n) is 2.62. The lowest BCUT2D eigenvalue weighted by atomic mass is 9.93. The lowest BCUT2D eigenvalue weighted by molar-refractivity contribution is 0.217. The van der Waals surface area contributed by atoms with Crippen molar-refractivity contribution in [1.82, 2.24) is 19.5 Å². The van der Waals surface area contributed by atoms with Gasteiger partial charge in [0.25, 0.3) is 0 Å². The lowest BCUT2D eigenvalue weighted by Gasteiger charge is -2.28. The van der Waals surface area contributed by atoms with Crippen LogP contribution in [0.1, 0.15) is 18.7 Å². The van der Waals surface area contributed by atoms with Crippen molar-refractivity contribution in [1.29, 1.82) is 0 Å². The van der Waals surface area contributed by atoms with E-state index in [1.54, 1.807) is 0 Å². The Bertz CT molecular complexity index is 543. The van der Waals surface area contributed by atoms with Gasteiger partial charge in [-0.1, -0.05) is 6.07 Å². The van der Waals surface area contributed by atoms with E-state index in [1.807, 2.05) is 18.2 Å². The van der Waals surface area contributed by atoms with Gasteiger partial charge in [-0.3, -0.25) is 4.40 Å². The number of nitrogens with zero attached hydrogens (tertiary/aromatic N) is 4. The summed E-state index contributed by atoms with van der Waals surface area (Å²) in [5, 5.41) is 8.57. The standard InChI is InChI=1S/C13H17BrN4/c1-17-7-5-10(6-8-17)9-13-16-15-12-4-2-3-11(14)18(12)13/h2-4,10H,5-9H2,1H3. The van der Waals surface area contributed by atoms with Gasteiger partial charge >= 0.3 is 0 Å². The van der Waals surface area contributed by atoms with E-state index in [-0.39, 0.29) is 0 Å². The van der Waals surface area contributed by atoms with Crippen LogP contribution in [0.25, 0.3) is 5.65 Å². The molecule has 3 rings (SSSR count). The number of halogens is 1. The van der Waals surface area contributed by atoms with Crippen LogP contribution in [0.5, 0.6) is 0 Å². The largest absolute Gasteiger partial charge is 0.306 e. The Kier molecular flexibility index (Phi) is 3.35. The van der Waals surface area contributed by atoms with E-state index in [0.29, 0.717) is 0 Å². The van der Waals surface area contributed by atoms with Gasteiger partial charge in [0.05, 0.1) is 4.60 Å². The molecule has 1 aliphatic rings. The molecule has 0 aromatic carbocycles. The average Bonchev–Trinajstić information content (AvgIpc) is 2.77. The number of likely N-dealkylation sites (tertiary alicyclic amines) is 1. The fourth-order valence-corrected chi connectivity index (χ4v) is 3.15. The Morgan fingerprint density at radius 2 is 2.06 bits per heavy atom. The van der Waals surface area contributed by atoms with Crippen molar-refractivity contribution < 1.29 is 0 Å². The molecule has 0 N–H and O–H groups in total. The van der Waals surface area contributed by atoms with Crippen molar-refractivity contribution in [3.8, 4) is 0 Å². The highest BCUT2D eigenvalue weighted by atomic mass is 79.9. The summed E-state index contributed by atoms with van der Waals surface area (Å²) in [7, 11) is 2.19. The van der Waals surface area contributed by atoms with Crippen LogP contribution in [-0.2, 0) is 6.42 Å². The Morgan fingerprint density at radius 3 is 2.83 bits per heavy atom. The first-order valence-electron chi connectivity index (χ1n) is 6.41. The van der Waals surface area contributed by atoms with Gasteiger partial charge < -0.3 is 4.90 Å². The first-order valence-corrected chi connectivity index (χ1v) is 7.20. The summed E-state index contributed by atoms with van der Waals surface area (Å²) in [5.74, 6) is 1.81. The van der Waals surface area contributed by atoms with Crippen LogP contribution in [-0.4, -0.2) is 39.6 Å². The summed E-state index contributed by atoms with van der Waals surface area (Å²) < 4.78 is 3.14. The number of pyridine rings is 1. The third-order valence-corrected chi connectivity index (χ3v) is 4.38. The molecule has 3 heterocycles. The number of aromatic nitrogens is 3. The van der Waals surface area contributed by atoms with Gasteiger partial charge in [-0.2, -0.15) is 0 Å². The van der Waals surface area contributed by atoms with Gasteiger partial charge in [-0.15, -0.1) is 10.2 Å². The zero-order valence-electron chi connectivity index (χ0n) is 10.5. The van der Waals surface area contributed by atoms with Crippen molar-refractivity contribution in [3.63, 3.8) is 0 Å². The highest BCUT2D eigenvalue weighted by molar-refractivity contribution is 9.10. The van der Waals surface area contributed by atoms with E-state index in [2.05, 4.69) is 42.5 Å². The Labute approximate surface area is 115 Å². The maximum Gasteiger partial charge on any atom is 0.161 e. The molecular weight excluding hydrogens is 292 g/mol. The second-order valence-electron chi connectivity index (χ2n) is 5.11. The van der Waals surface area contributed by atoms with Crippen LogP contribution >= 0.6 is 15.9 Å². The molecule has 0 atom stereocenters. The molecule has 1 saturated heterocycles. The summed E-state index contributed by atoms with van der Waals surface area (Å²) in [6.07, 6.45) is 3.54. The Hall–Kier alpha value is -0.940. The molecule has 2 aromatic rings. The Morgan fingerprint density at radius 1 is 1.28 bits per heavy atom. The molecule has 0 spiro atoms. The van der Waals surface area contributed by atoms with Crippen LogP contribution in [0, 0.1) is 5.92 Å². The van der Waals surface area contributed by atoms with Crippen LogP contribution < -0.4 is 0 Å². The number of hydrogen-bond donors (Lipinski definition) is 0. The highest BCUT2D eigenvalue weighted by Crippen LogP contribution is 2.22. The minimum Gasteiger partial charge on any atom is -0.306 e. The van der Waals surface area contributed by atoms with E-state index in [1.165, 1.54) is 25.9 Å². The van der Waals surface area contributed by atoms with Crippen molar-refractivity contribution in [2.45, 2.75) is 19.3 Å². The molecule has 1 fully saturated rings. The summed E-state index contributed by atoms with van der Waals surface area (Å²) in [6, 6.07) is 6.03. The van der Waals surface area contributed by atoms with Crippen LogP contribution in [0.3, 0.4) is 0 Å². The molecule has 0 bridgehead atoms. The third-order valence-electron chi connectivity index (χ3n) is 3.76. The van der Waals surface area contributed by atoms with Gasteiger partial charge in [0.15, 0.2) is 5.65 Å². The molecule has 1 aliphatic heterocycles. The molecule has 96 valence electrons. The first kappa shape index (κ1) is 12.1. The molecule has 0 radical (unpaired) electrons. The molecule has 4 nitrogen and oxygen atoms in total. The highest BCUT2D eigenvalue weighted by Gasteiger charge is 2.19. The summed E-state index contributed by atoms with van der Waals surface area (Å²) in [6.45, 7) is 2.39. The molecule has 2 aromatic heterocycles. The number of hydrogen-bond acceptors (Lipinski definition) is 3. The van der Waals surface area contributed by atoms with E-state index >= 15 is 0 Å². The second kappa shape index (κ2) is 4.97. The topological polar surface area (TPSA) is 33.4 Å². The van der Waals surface area contributed by atoms with Crippen molar-refractivity contribution in [2.24, 2.45) is 5.92 Å².